The lowest BCUT2D eigenvalue weighted by molar-refractivity contribution is 0.0276. The van der Waals surface area contributed by atoms with Gasteiger partial charge in [0.2, 0.25) is 0 Å². The summed E-state index contributed by atoms with van der Waals surface area (Å²) in [6.07, 6.45) is -0.263. The number of carbonyl (C=O) groups is 1. The Morgan fingerprint density at radius 2 is 2.17 bits per heavy atom. The minimum absolute atomic E-state index is 0.263. The third-order valence-electron chi connectivity index (χ3n) is 2.38. The highest BCUT2D eigenvalue weighted by Gasteiger charge is 2.24. The predicted octanol–water partition coefficient (Wildman–Crippen LogP) is 1.88. The number of nitrogens with one attached hydrogen (secondary N) is 1. The molecule has 104 valence electrons. The number of ether oxygens (including phenoxy) is 1. The highest BCUT2D eigenvalue weighted by Crippen LogP contribution is 2.10. The Morgan fingerprint density at radius 1 is 1.50 bits per heavy atom. The predicted molar refractivity (Wildman–Crippen MR) is 72.9 cm³/mol. The Labute approximate surface area is 110 Å². The molecule has 0 aliphatic carbocycles. The topological polar surface area (TPSA) is 53.9 Å². The van der Waals surface area contributed by atoms with Gasteiger partial charge in [-0.3, -0.25) is 9.89 Å². The van der Waals surface area contributed by atoms with Crippen LogP contribution in [0, 0.1) is 5.92 Å². The van der Waals surface area contributed by atoms with Crippen LogP contribution in [0.1, 0.15) is 34.6 Å². The van der Waals surface area contributed by atoms with E-state index in [0.29, 0.717) is 25.6 Å². The Balaban J connectivity index is 2.46. The molecule has 0 aromatic heterocycles. The van der Waals surface area contributed by atoms with Gasteiger partial charge < -0.3 is 10.1 Å². The molecular formula is C13H25N3O2. The summed E-state index contributed by atoms with van der Waals surface area (Å²) < 4.78 is 5.36. The van der Waals surface area contributed by atoms with E-state index >= 15 is 0 Å². The Kier molecular flexibility index (Phi) is 4.99. The van der Waals surface area contributed by atoms with Crippen molar-refractivity contribution in [2.24, 2.45) is 10.9 Å². The van der Waals surface area contributed by atoms with Gasteiger partial charge in [0.15, 0.2) is 0 Å². The van der Waals surface area contributed by atoms with E-state index in [1.54, 1.807) is 4.90 Å². The fourth-order valence-electron chi connectivity index (χ4n) is 1.53. The number of rotatable bonds is 2. The lowest BCUT2D eigenvalue weighted by Gasteiger charge is -2.30. The molecule has 0 aromatic carbocycles. The first-order valence-corrected chi connectivity index (χ1v) is 6.53. The van der Waals surface area contributed by atoms with Gasteiger partial charge in [-0.25, -0.2) is 4.79 Å². The zero-order valence-electron chi connectivity index (χ0n) is 12.1. The SMILES string of the molecule is CC(C)CNC1=NCCN(C(=O)OC(C)(C)C)C1. The van der Waals surface area contributed by atoms with Crippen molar-refractivity contribution in [2.75, 3.05) is 26.2 Å². The fourth-order valence-corrected chi connectivity index (χ4v) is 1.53. The first-order valence-electron chi connectivity index (χ1n) is 6.53. The highest BCUT2D eigenvalue weighted by molar-refractivity contribution is 5.87. The average molecular weight is 255 g/mol. The zero-order valence-corrected chi connectivity index (χ0v) is 12.1. The van der Waals surface area contributed by atoms with Gasteiger partial charge in [0, 0.05) is 13.1 Å². The number of nitrogens with zero attached hydrogens (tertiary/aromatic N) is 2. The summed E-state index contributed by atoms with van der Waals surface area (Å²) in [5.41, 5.74) is -0.447. The summed E-state index contributed by atoms with van der Waals surface area (Å²) in [5, 5.41) is 3.27. The Bertz CT molecular complexity index is 319. The Morgan fingerprint density at radius 3 is 2.72 bits per heavy atom. The van der Waals surface area contributed by atoms with E-state index in [9.17, 15) is 4.79 Å². The number of amidine groups is 1. The van der Waals surface area contributed by atoms with Gasteiger partial charge in [-0.2, -0.15) is 0 Å². The lowest BCUT2D eigenvalue weighted by Crippen LogP contribution is -2.47. The molecule has 18 heavy (non-hydrogen) atoms. The van der Waals surface area contributed by atoms with Crippen molar-refractivity contribution < 1.29 is 9.53 Å². The van der Waals surface area contributed by atoms with Crippen molar-refractivity contribution in [1.29, 1.82) is 0 Å². The Hall–Kier alpha value is -1.26. The third-order valence-corrected chi connectivity index (χ3v) is 2.38. The number of hydrogen-bond donors (Lipinski definition) is 1. The van der Waals surface area contributed by atoms with Crippen LogP contribution in [0.15, 0.2) is 4.99 Å². The van der Waals surface area contributed by atoms with Crippen LogP contribution < -0.4 is 5.32 Å². The van der Waals surface area contributed by atoms with Gasteiger partial charge in [0.25, 0.3) is 0 Å². The van der Waals surface area contributed by atoms with Gasteiger partial charge in [0.1, 0.15) is 11.4 Å². The van der Waals surface area contributed by atoms with E-state index in [1.807, 2.05) is 20.8 Å². The van der Waals surface area contributed by atoms with Crippen LogP contribution >= 0.6 is 0 Å². The van der Waals surface area contributed by atoms with Crippen molar-refractivity contribution in [3.63, 3.8) is 0 Å². The maximum atomic E-state index is 11.9. The largest absolute Gasteiger partial charge is 0.444 e. The van der Waals surface area contributed by atoms with Crippen LogP contribution in [-0.2, 0) is 4.74 Å². The molecule has 0 saturated carbocycles. The van der Waals surface area contributed by atoms with E-state index in [-0.39, 0.29) is 6.09 Å². The molecular weight excluding hydrogens is 230 g/mol. The standard InChI is InChI=1S/C13H25N3O2/c1-10(2)8-15-11-9-16(7-6-14-11)12(17)18-13(3,4)5/h10H,6-9H2,1-5H3,(H,14,15). The minimum atomic E-state index is -0.447. The summed E-state index contributed by atoms with van der Waals surface area (Å²) in [7, 11) is 0. The fraction of sp³-hybridized carbons (Fsp3) is 0.846. The molecule has 0 radical (unpaired) electrons. The van der Waals surface area contributed by atoms with Gasteiger partial charge >= 0.3 is 6.09 Å². The average Bonchev–Trinajstić information content (AvgIpc) is 2.24. The molecule has 1 aliphatic heterocycles. The van der Waals surface area contributed by atoms with Crippen molar-refractivity contribution >= 4 is 11.9 Å². The summed E-state index contributed by atoms with van der Waals surface area (Å²) in [6, 6.07) is 0. The molecule has 1 rings (SSSR count). The molecule has 1 heterocycles. The molecule has 0 fully saturated rings. The van der Waals surface area contributed by atoms with Crippen LogP contribution in [0.5, 0.6) is 0 Å². The molecule has 5 heteroatoms. The second kappa shape index (κ2) is 6.07. The van der Waals surface area contributed by atoms with E-state index in [0.717, 1.165) is 12.4 Å². The van der Waals surface area contributed by atoms with Crippen LogP contribution in [-0.4, -0.2) is 48.6 Å². The van der Waals surface area contributed by atoms with Gasteiger partial charge in [0.05, 0.1) is 13.1 Å². The van der Waals surface area contributed by atoms with Gasteiger partial charge in [-0.1, -0.05) is 13.8 Å². The second-order valence-corrected chi connectivity index (χ2v) is 6.01. The van der Waals surface area contributed by atoms with Crippen LogP contribution in [0.25, 0.3) is 0 Å². The van der Waals surface area contributed by atoms with Crippen molar-refractivity contribution in [3.05, 3.63) is 0 Å². The third kappa shape index (κ3) is 5.38. The molecule has 0 saturated heterocycles. The van der Waals surface area contributed by atoms with Gasteiger partial charge in [-0.05, 0) is 26.7 Å². The maximum absolute atomic E-state index is 11.9. The second-order valence-electron chi connectivity index (χ2n) is 6.01. The number of hydrogen-bond acceptors (Lipinski definition) is 4. The van der Waals surface area contributed by atoms with Crippen molar-refractivity contribution in [3.8, 4) is 0 Å². The first kappa shape index (κ1) is 14.8. The minimum Gasteiger partial charge on any atom is -0.444 e. The van der Waals surface area contributed by atoms with Crippen LogP contribution in [0.4, 0.5) is 4.79 Å². The molecule has 0 unspecified atom stereocenters. The summed E-state index contributed by atoms with van der Waals surface area (Å²) >= 11 is 0. The summed E-state index contributed by atoms with van der Waals surface area (Å²) in [4.78, 5) is 18.0. The number of aliphatic imine (C=N–C) groups is 1. The number of amides is 1. The van der Waals surface area contributed by atoms with E-state index in [4.69, 9.17) is 4.74 Å². The van der Waals surface area contributed by atoms with Crippen molar-refractivity contribution in [2.45, 2.75) is 40.2 Å². The molecule has 0 aromatic rings. The molecule has 5 nitrogen and oxygen atoms in total. The maximum Gasteiger partial charge on any atom is 0.410 e. The number of carbonyl (C=O) groups excluding carboxylic acids is 1. The van der Waals surface area contributed by atoms with E-state index in [2.05, 4.69) is 24.2 Å². The summed E-state index contributed by atoms with van der Waals surface area (Å²) in [6.45, 7) is 12.6. The highest BCUT2D eigenvalue weighted by atomic mass is 16.6. The van der Waals surface area contributed by atoms with Crippen LogP contribution in [0.2, 0.25) is 0 Å². The van der Waals surface area contributed by atoms with E-state index < -0.39 is 5.60 Å². The molecule has 1 aliphatic rings. The molecule has 0 spiro atoms. The lowest BCUT2D eigenvalue weighted by atomic mass is 10.2. The zero-order chi connectivity index (χ0) is 13.8. The monoisotopic (exact) mass is 255 g/mol. The molecule has 0 atom stereocenters. The smallest absolute Gasteiger partial charge is 0.410 e. The molecule has 1 N–H and O–H groups in total. The molecule has 0 bridgehead atoms. The first-order chi connectivity index (χ1) is 8.28. The molecule has 1 amide bonds. The van der Waals surface area contributed by atoms with Crippen LogP contribution in [0.3, 0.4) is 0 Å². The summed E-state index contributed by atoms with van der Waals surface area (Å²) in [5.74, 6) is 1.44. The quantitative estimate of drug-likeness (QED) is 0.819. The van der Waals surface area contributed by atoms with Gasteiger partial charge in [-0.15, -0.1) is 0 Å². The van der Waals surface area contributed by atoms with E-state index in [1.165, 1.54) is 0 Å². The van der Waals surface area contributed by atoms with Crippen molar-refractivity contribution in [1.82, 2.24) is 10.2 Å². The normalized spacial score (nSPS) is 16.6.